The van der Waals surface area contributed by atoms with E-state index in [0.29, 0.717) is 11.6 Å². The van der Waals surface area contributed by atoms with Gasteiger partial charge in [0, 0.05) is 50.9 Å². The average Bonchev–Trinajstić information content (AvgIpc) is 3.07. The lowest BCUT2D eigenvalue weighted by atomic mass is 10.1. The third-order valence-corrected chi connectivity index (χ3v) is 4.71. The fraction of sp³-hybridized carbons (Fsp3) is 0.588. The first-order chi connectivity index (χ1) is 11.6. The Kier molecular flexibility index (Phi) is 5.63. The van der Waals surface area contributed by atoms with Crippen molar-refractivity contribution < 1.29 is 18.3 Å². The molecule has 2 heterocycles. The molecule has 2 aliphatic rings. The fourth-order valence-corrected chi connectivity index (χ4v) is 3.45. The van der Waals surface area contributed by atoms with Crippen LogP contribution in [0.2, 0.25) is 0 Å². The van der Waals surface area contributed by atoms with Gasteiger partial charge >= 0.3 is 6.61 Å². The van der Waals surface area contributed by atoms with Crippen LogP contribution in [0.15, 0.2) is 24.3 Å². The van der Waals surface area contributed by atoms with E-state index in [0.717, 1.165) is 45.7 Å². The molecule has 24 heavy (non-hydrogen) atoms. The molecule has 1 unspecified atom stereocenters. The molecule has 1 N–H and O–H groups in total. The second kappa shape index (κ2) is 7.90. The topological polar surface area (TPSA) is 44.8 Å². The van der Waals surface area contributed by atoms with E-state index in [2.05, 4.69) is 15.0 Å². The molecule has 0 saturated carbocycles. The summed E-state index contributed by atoms with van der Waals surface area (Å²) in [5.74, 6) is 0.0525. The Balaban J connectivity index is 1.58. The molecular weight excluding hydrogens is 316 g/mol. The summed E-state index contributed by atoms with van der Waals surface area (Å²) in [7, 11) is 0. The smallest absolute Gasteiger partial charge is 0.387 e. The summed E-state index contributed by atoms with van der Waals surface area (Å²) in [4.78, 5) is 16.8. The number of halogens is 2. The Hall–Kier alpha value is -1.73. The van der Waals surface area contributed by atoms with E-state index in [1.807, 2.05) is 4.90 Å². The number of rotatable bonds is 5. The highest BCUT2D eigenvalue weighted by Gasteiger charge is 2.31. The lowest BCUT2D eigenvalue weighted by molar-refractivity contribution is -0.129. The van der Waals surface area contributed by atoms with Crippen molar-refractivity contribution in [3.63, 3.8) is 0 Å². The number of hydrogen-bond donors (Lipinski definition) is 1. The zero-order valence-corrected chi connectivity index (χ0v) is 13.6. The molecule has 7 heteroatoms. The summed E-state index contributed by atoms with van der Waals surface area (Å²) in [5, 5.41) is 3.33. The summed E-state index contributed by atoms with van der Waals surface area (Å²) >= 11 is 0. The number of amides is 1. The average molecular weight is 339 g/mol. The lowest BCUT2D eigenvalue weighted by Gasteiger charge is -2.32. The number of ether oxygens (including phenoxy) is 1. The molecule has 3 rings (SSSR count). The Bertz CT molecular complexity index is 565. The molecule has 2 fully saturated rings. The van der Waals surface area contributed by atoms with Crippen LogP contribution < -0.4 is 10.1 Å². The van der Waals surface area contributed by atoms with E-state index >= 15 is 0 Å². The Morgan fingerprint density at radius 2 is 2.00 bits per heavy atom. The number of nitrogens with one attached hydrogen (secondary N) is 1. The molecule has 1 aromatic rings. The molecule has 132 valence electrons. The van der Waals surface area contributed by atoms with E-state index < -0.39 is 6.61 Å². The van der Waals surface area contributed by atoms with E-state index in [-0.39, 0.29) is 18.1 Å². The number of carbonyl (C=O) groups excluding carboxylic acids is 1. The number of hydrogen-bond acceptors (Lipinski definition) is 4. The van der Waals surface area contributed by atoms with Gasteiger partial charge in [-0.25, -0.2) is 0 Å². The van der Waals surface area contributed by atoms with Crippen molar-refractivity contribution in [2.24, 2.45) is 0 Å². The molecule has 0 spiro atoms. The van der Waals surface area contributed by atoms with Gasteiger partial charge in [0.25, 0.3) is 0 Å². The van der Waals surface area contributed by atoms with Crippen LogP contribution in [0.5, 0.6) is 5.75 Å². The minimum Gasteiger partial charge on any atom is -0.435 e. The van der Waals surface area contributed by atoms with Gasteiger partial charge in [-0.3, -0.25) is 9.69 Å². The van der Waals surface area contributed by atoms with Crippen molar-refractivity contribution in [2.45, 2.75) is 25.5 Å². The molecule has 0 radical (unpaired) electrons. The van der Waals surface area contributed by atoms with Crippen LogP contribution in [0.3, 0.4) is 0 Å². The summed E-state index contributed by atoms with van der Waals surface area (Å²) in [6.45, 7) is 2.56. The van der Waals surface area contributed by atoms with Gasteiger partial charge in [-0.2, -0.15) is 8.78 Å². The number of piperazine rings is 1. The molecule has 2 saturated heterocycles. The highest BCUT2D eigenvalue weighted by atomic mass is 19.3. The number of nitrogens with zero attached hydrogens (tertiary/aromatic N) is 2. The minimum absolute atomic E-state index is 0.0297. The van der Waals surface area contributed by atoms with Crippen molar-refractivity contribution in [1.82, 2.24) is 15.1 Å². The van der Waals surface area contributed by atoms with Gasteiger partial charge in [-0.15, -0.1) is 0 Å². The second-order valence-electron chi connectivity index (χ2n) is 6.23. The molecule has 5 nitrogen and oxygen atoms in total. The normalized spacial score (nSPS) is 22.1. The predicted octanol–water partition coefficient (Wildman–Crippen LogP) is 1.34. The van der Waals surface area contributed by atoms with E-state index in [1.54, 1.807) is 18.2 Å². The maximum Gasteiger partial charge on any atom is 0.387 e. The van der Waals surface area contributed by atoms with Crippen molar-refractivity contribution in [2.75, 3.05) is 39.3 Å². The maximum atomic E-state index is 12.5. The molecule has 1 amide bonds. The van der Waals surface area contributed by atoms with Crippen LogP contribution in [0.1, 0.15) is 12.0 Å². The van der Waals surface area contributed by atoms with Crippen molar-refractivity contribution in [3.8, 4) is 5.75 Å². The molecule has 1 aromatic carbocycles. The van der Waals surface area contributed by atoms with E-state index in [4.69, 9.17) is 0 Å². The first-order valence-electron chi connectivity index (χ1n) is 8.39. The van der Waals surface area contributed by atoms with Gasteiger partial charge in [0.05, 0.1) is 6.42 Å². The highest BCUT2D eigenvalue weighted by Crippen LogP contribution is 2.23. The zero-order valence-electron chi connectivity index (χ0n) is 13.6. The summed E-state index contributed by atoms with van der Waals surface area (Å²) in [5.41, 5.74) is 0.508. The molecular formula is C17H23F2N3O2. The van der Waals surface area contributed by atoms with Gasteiger partial charge in [0.2, 0.25) is 5.91 Å². The minimum atomic E-state index is -2.88. The summed E-state index contributed by atoms with van der Waals surface area (Å²) in [6, 6.07) is 6.90. The van der Waals surface area contributed by atoms with Crippen molar-refractivity contribution in [1.29, 1.82) is 0 Å². The summed E-state index contributed by atoms with van der Waals surface area (Å²) < 4.78 is 29.4. The SMILES string of the molecule is O=C(Cc1ccccc1OC(F)F)N1CCC(N2CCNCC2)C1. The molecule has 0 aliphatic carbocycles. The molecule has 2 aliphatic heterocycles. The van der Waals surface area contributed by atoms with Gasteiger partial charge in [-0.05, 0) is 12.5 Å². The molecule has 0 bridgehead atoms. The van der Waals surface area contributed by atoms with Crippen LogP contribution in [-0.2, 0) is 11.2 Å². The lowest BCUT2D eigenvalue weighted by Crippen LogP contribution is -2.49. The summed E-state index contributed by atoms with van der Waals surface area (Å²) in [6.07, 6.45) is 1.07. The van der Waals surface area contributed by atoms with Gasteiger partial charge < -0.3 is 15.0 Å². The van der Waals surface area contributed by atoms with Crippen LogP contribution in [0, 0.1) is 0 Å². The quantitative estimate of drug-likeness (QED) is 0.879. The number of benzene rings is 1. The predicted molar refractivity (Wildman–Crippen MR) is 86.2 cm³/mol. The van der Waals surface area contributed by atoms with Gasteiger partial charge in [-0.1, -0.05) is 18.2 Å². The van der Waals surface area contributed by atoms with E-state index in [9.17, 15) is 13.6 Å². The van der Waals surface area contributed by atoms with Gasteiger partial charge in [0.1, 0.15) is 5.75 Å². The number of likely N-dealkylation sites (tertiary alicyclic amines) is 1. The monoisotopic (exact) mass is 339 g/mol. The standard InChI is InChI=1S/C17H23F2N3O2/c18-17(19)24-15-4-2-1-3-13(15)11-16(23)22-8-5-14(12-22)21-9-6-20-7-10-21/h1-4,14,17,20H,5-12H2. The third kappa shape index (κ3) is 4.21. The number of alkyl halides is 2. The fourth-order valence-electron chi connectivity index (χ4n) is 3.45. The first-order valence-corrected chi connectivity index (χ1v) is 8.39. The first kappa shape index (κ1) is 17.1. The Morgan fingerprint density at radius 3 is 2.75 bits per heavy atom. The van der Waals surface area contributed by atoms with Crippen molar-refractivity contribution in [3.05, 3.63) is 29.8 Å². The molecule has 1 atom stereocenters. The highest BCUT2D eigenvalue weighted by molar-refractivity contribution is 5.79. The molecule has 0 aromatic heterocycles. The largest absolute Gasteiger partial charge is 0.435 e. The third-order valence-electron chi connectivity index (χ3n) is 4.71. The number of para-hydroxylation sites is 1. The van der Waals surface area contributed by atoms with Crippen LogP contribution in [0.4, 0.5) is 8.78 Å². The Labute approximate surface area is 140 Å². The maximum absolute atomic E-state index is 12.5. The second-order valence-corrected chi connectivity index (χ2v) is 6.23. The number of carbonyl (C=O) groups is 1. The van der Waals surface area contributed by atoms with E-state index in [1.165, 1.54) is 6.07 Å². The zero-order chi connectivity index (χ0) is 16.9. The Morgan fingerprint density at radius 1 is 1.25 bits per heavy atom. The van der Waals surface area contributed by atoms with Crippen LogP contribution in [0.25, 0.3) is 0 Å². The van der Waals surface area contributed by atoms with Crippen LogP contribution in [-0.4, -0.2) is 67.6 Å². The van der Waals surface area contributed by atoms with Gasteiger partial charge in [0.15, 0.2) is 0 Å². The van der Waals surface area contributed by atoms with Crippen LogP contribution >= 0.6 is 0 Å². The van der Waals surface area contributed by atoms with Crippen molar-refractivity contribution >= 4 is 5.91 Å².